The van der Waals surface area contributed by atoms with Crippen LogP contribution in [0, 0.1) is 11.3 Å². The number of anilines is 1. The van der Waals surface area contributed by atoms with Gasteiger partial charge in [-0.1, -0.05) is 15.9 Å². The van der Waals surface area contributed by atoms with E-state index in [2.05, 4.69) is 21.2 Å². The topological polar surface area (TPSA) is 62.1 Å². The van der Waals surface area contributed by atoms with E-state index in [-0.39, 0.29) is 0 Å². The van der Waals surface area contributed by atoms with Crippen molar-refractivity contribution in [2.75, 3.05) is 5.32 Å². The smallest absolute Gasteiger partial charge is 0.410 e. The first-order chi connectivity index (χ1) is 9.17. The Labute approximate surface area is 118 Å². The minimum absolute atomic E-state index is 0.383. The molecule has 0 aliphatic rings. The third kappa shape index (κ3) is 3.83. The van der Waals surface area contributed by atoms with Crippen molar-refractivity contribution in [3.63, 3.8) is 0 Å². The van der Waals surface area contributed by atoms with Crippen molar-refractivity contribution >= 4 is 27.7 Å². The summed E-state index contributed by atoms with van der Waals surface area (Å²) in [7, 11) is 0. The normalized spacial score (nSPS) is 9.47. The van der Waals surface area contributed by atoms with Gasteiger partial charge < -0.3 is 4.74 Å². The number of carbonyl (C=O) groups is 1. The predicted molar refractivity (Wildman–Crippen MR) is 74.9 cm³/mol. The summed E-state index contributed by atoms with van der Waals surface area (Å²) in [5.74, 6) is 0.383. The maximum absolute atomic E-state index is 11.6. The van der Waals surface area contributed by atoms with Crippen LogP contribution in [0.3, 0.4) is 0 Å². The summed E-state index contributed by atoms with van der Waals surface area (Å²) in [4.78, 5) is 11.6. The van der Waals surface area contributed by atoms with E-state index in [0.29, 0.717) is 17.0 Å². The number of nitrogens with one attached hydrogen (secondary N) is 1. The SMILES string of the molecule is N#Cc1ccc(OC(=O)Nc2ccc(Br)cc2)cc1. The molecule has 0 fully saturated rings. The Balaban J connectivity index is 1.97. The number of carbonyl (C=O) groups excluding carboxylic acids is 1. The molecule has 0 saturated carbocycles. The molecule has 0 aromatic heterocycles. The van der Waals surface area contributed by atoms with Gasteiger partial charge in [-0.05, 0) is 48.5 Å². The summed E-state index contributed by atoms with van der Waals surface area (Å²) in [6.45, 7) is 0. The van der Waals surface area contributed by atoms with Crippen LogP contribution in [0.4, 0.5) is 10.5 Å². The first-order valence-corrected chi connectivity index (χ1v) is 6.21. The van der Waals surface area contributed by atoms with Crippen molar-refractivity contribution in [2.45, 2.75) is 0 Å². The third-order valence-corrected chi connectivity index (χ3v) is 2.81. The average Bonchev–Trinajstić information content (AvgIpc) is 2.42. The Kier molecular flexibility index (Phi) is 4.16. The van der Waals surface area contributed by atoms with Gasteiger partial charge in [0.1, 0.15) is 5.75 Å². The molecule has 0 saturated heterocycles. The minimum Gasteiger partial charge on any atom is -0.410 e. The van der Waals surface area contributed by atoms with E-state index >= 15 is 0 Å². The summed E-state index contributed by atoms with van der Waals surface area (Å²) in [6.07, 6.45) is -0.577. The molecular formula is C14H9BrN2O2. The number of benzene rings is 2. The second-order valence-corrected chi connectivity index (χ2v) is 4.57. The lowest BCUT2D eigenvalue weighted by Crippen LogP contribution is -2.16. The van der Waals surface area contributed by atoms with Crippen molar-refractivity contribution in [2.24, 2.45) is 0 Å². The second-order valence-electron chi connectivity index (χ2n) is 3.66. The molecule has 94 valence electrons. The van der Waals surface area contributed by atoms with Gasteiger partial charge in [0, 0.05) is 10.2 Å². The van der Waals surface area contributed by atoms with Crippen LogP contribution in [0.25, 0.3) is 0 Å². The molecule has 0 atom stereocenters. The van der Waals surface area contributed by atoms with Gasteiger partial charge in [-0.15, -0.1) is 0 Å². The summed E-state index contributed by atoms with van der Waals surface area (Å²) in [5, 5.41) is 11.3. The van der Waals surface area contributed by atoms with Crippen LogP contribution >= 0.6 is 15.9 Å². The molecule has 5 heteroatoms. The number of ether oxygens (including phenoxy) is 1. The zero-order chi connectivity index (χ0) is 13.7. The molecule has 2 aromatic rings. The number of nitrogens with zero attached hydrogens (tertiary/aromatic N) is 1. The van der Waals surface area contributed by atoms with Crippen LogP contribution in [0.5, 0.6) is 5.75 Å². The van der Waals surface area contributed by atoms with Crippen molar-refractivity contribution in [3.8, 4) is 11.8 Å². The van der Waals surface area contributed by atoms with Crippen LogP contribution in [0.15, 0.2) is 53.0 Å². The van der Waals surface area contributed by atoms with Crippen LogP contribution in [0.2, 0.25) is 0 Å². The van der Waals surface area contributed by atoms with Crippen molar-refractivity contribution in [1.82, 2.24) is 0 Å². The summed E-state index contributed by atoms with van der Waals surface area (Å²) >= 11 is 3.31. The molecule has 0 heterocycles. The summed E-state index contributed by atoms with van der Waals surface area (Å²) in [6, 6.07) is 15.4. The maximum atomic E-state index is 11.6. The van der Waals surface area contributed by atoms with E-state index < -0.39 is 6.09 Å². The van der Waals surface area contributed by atoms with Gasteiger partial charge in [-0.3, -0.25) is 5.32 Å². The number of hydrogen-bond acceptors (Lipinski definition) is 3. The monoisotopic (exact) mass is 316 g/mol. The van der Waals surface area contributed by atoms with Crippen LogP contribution < -0.4 is 10.1 Å². The number of rotatable bonds is 2. The quantitative estimate of drug-likeness (QED) is 0.913. The van der Waals surface area contributed by atoms with Gasteiger partial charge in [0.2, 0.25) is 0 Å². The van der Waals surface area contributed by atoms with E-state index in [0.717, 1.165) is 4.47 Å². The van der Waals surface area contributed by atoms with Gasteiger partial charge in [0.05, 0.1) is 11.6 Å². The van der Waals surface area contributed by atoms with E-state index in [9.17, 15) is 4.79 Å². The van der Waals surface area contributed by atoms with Gasteiger partial charge in [-0.25, -0.2) is 4.79 Å². The zero-order valence-corrected chi connectivity index (χ0v) is 11.3. The molecule has 0 radical (unpaired) electrons. The lowest BCUT2D eigenvalue weighted by molar-refractivity contribution is 0.215. The number of amides is 1. The van der Waals surface area contributed by atoms with Gasteiger partial charge in [0.25, 0.3) is 0 Å². The van der Waals surface area contributed by atoms with Crippen LogP contribution in [-0.2, 0) is 0 Å². The molecule has 1 N–H and O–H groups in total. The lowest BCUT2D eigenvalue weighted by Gasteiger charge is -2.06. The molecule has 1 amide bonds. The molecule has 0 aliphatic heterocycles. The molecule has 4 nitrogen and oxygen atoms in total. The molecule has 0 aliphatic carbocycles. The second kappa shape index (κ2) is 6.03. The molecular weight excluding hydrogens is 308 g/mol. The highest BCUT2D eigenvalue weighted by atomic mass is 79.9. The highest BCUT2D eigenvalue weighted by molar-refractivity contribution is 9.10. The Morgan fingerprint density at radius 3 is 2.32 bits per heavy atom. The largest absolute Gasteiger partial charge is 0.417 e. The number of nitriles is 1. The third-order valence-electron chi connectivity index (χ3n) is 2.28. The molecule has 2 rings (SSSR count). The first kappa shape index (κ1) is 13.1. The number of hydrogen-bond donors (Lipinski definition) is 1. The molecule has 2 aromatic carbocycles. The molecule has 0 bridgehead atoms. The van der Waals surface area contributed by atoms with E-state index in [1.54, 1.807) is 36.4 Å². The Bertz CT molecular complexity index is 615. The Morgan fingerprint density at radius 1 is 1.11 bits per heavy atom. The van der Waals surface area contributed by atoms with E-state index in [1.807, 2.05) is 18.2 Å². The fourth-order valence-corrected chi connectivity index (χ4v) is 1.65. The lowest BCUT2D eigenvalue weighted by atomic mass is 10.2. The van der Waals surface area contributed by atoms with E-state index in [1.165, 1.54) is 0 Å². The van der Waals surface area contributed by atoms with E-state index in [4.69, 9.17) is 10.00 Å². The minimum atomic E-state index is -0.577. The summed E-state index contributed by atoms with van der Waals surface area (Å²) < 4.78 is 6.01. The highest BCUT2D eigenvalue weighted by Gasteiger charge is 2.05. The van der Waals surface area contributed by atoms with Crippen molar-refractivity contribution in [1.29, 1.82) is 5.26 Å². The standard InChI is InChI=1S/C14H9BrN2O2/c15-11-3-5-12(6-4-11)17-14(18)19-13-7-1-10(9-16)2-8-13/h1-8H,(H,17,18). The number of halogens is 1. The fraction of sp³-hybridized carbons (Fsp3) is 0. The molecule has 0 unspecified atom stereocenters. The maximum Gasteiger partial charge on any atom is 0.417 e. The highest BCUT2D eigenvalue weighted by Crippen LogP contribution is 2.16. The van der Waals surface area contributed by atoms with Gasteiger partial charge in [0.15, 0.2) is 0 Å². The average molecular weight is 317 g/mol. The zero-order valence-electron chi connectivity index (χ0n) is 9.76. The fourth-order valence-electron chi connectivity index (χ4n) is 1.38. The van der Waals surface area contributed by atoms with Crippen molar-refractivity contribution in [3.05, 3.63) is 58.6 Å². The Morgan fingerprint density at radius 2 is 1.74 bits per heavy atom. The van der Waals surface area contributed by atoms with Crippen molar-refractivity contribution < 1.29 is 9.53 Å². The molecule has 0 spiro atoms. The molecule has 19 heavy (non-hydrogen) atoms. The Hall–Kier alpha value is -2.32. The van der Waals surface area contributed by atoms with Crippen LogP contribution in [0.1, 0.15) is 5.56 Å². The summed E-state index contributed by atoms with van der Waals surface area (Å²) in [5.41, 5.74) is 1.16. The predicted octanol–water partition coefficient (Wildman–Crippen LogP) is 3.93. The van der Waals surface area contributed by atoms with Gasteiger partial charge >= 0.3 is 6.09 Å². The van der Waals surface area contributed by atoms with Gasteiger partial charge in [-0.2, -0.15) is 5.26 Å². The van der Waals surface area contributed by atoms with Crippen LogP contribution in [-0.4, -0.2) is 6.09 Å². The first-order valence-electron chi connectivity index (χ1n) is 5.42.